The van der Waals surface area contributed by atoms with Crippen molar-refractivity contribution < 1.29 is 4.79 Å². The Balaban J connectivity index is 2.48. The predicted octanol–water partition coefficient (Wildman–Crippen LogP) is 2.73. The Morgan fingerprint density at radius 2 is 1.79 bits per heavy atom. The number of amides is 1. The van der Waals surface area contributed by atoms with Crippen LogP contribution in [0.5, 0.6) is 0 Å². The maximum Gasteiger partial charge on any atom is 0.295 e. The van der Waals surface area contributed by atoms with Gasteiger partial charge in [0.05, 0.1) is 11.4 Å². The lowest BCUT2D eigenvalue weighted by Crippen LogP contribution is -2.49. The van der Waals surface area contributed by atoms with E-state index in [-0.39, 0.29) is 11.2 Å². The zero-order valence-electron chi connectivity index (χ0n) is 13.3. The maximum atomic E-state index is 12.8. The van der Waals surface area contributed by atoms with Crippen LogP contribution in [0.3, 0.4) is 0 Å². The molecule has 0 saturated carbocycles. The van der Waals surface area contributed by atoms with Crippen LogP contribution in [-0.2, 0) is 11.8 Å². The standard InChI is InChI=1S/C15H17Cl3N4O2/c1-9-12(20-14(15(16,17)18)19-10(2)23)13(24)22(21(9)3)11-7-5-4-6-8-11/h4-8,14,20H,1-3H3,(H,19,23)/t14-/m1/s1. The SMILES string of the molecule is CC(=O)N[C@H](Nc1c(C)n(C)n(-c2ccccc2)c1=O)C(Cl)(Cl)Cl. The summed E-state index contributed by atoms with van der Waals surface area (Å²) >= 11 is 17.7. The summed E-state index contributed by atoms with van der Waals surface area (Å²) in [4.78, 5) is 24.1. The molecule has 0 spiro atoms. The first kappa shape index (κ1) is 18.7. The lowest BCUT2D eigenvalue weighted by Gasteiger charge is -2.26. The number of carbonyl (C=O) groups is 1. The molecule has 1 heterocycles. The minimum atomic E-state index is -1.84. The van der Waals surface area contributed by atoms with Crippen LogP contribution < -0.4 is 16.2 Å². The molecular weight excluding hydrogens is 375 g/mol. The molecule has 0 bridgehead atoms. The summed E-state index contributed by atoms with van der Waals surface area (Å²) in [5.41, 5.74) is 1.26. The van der Waals surface area contributed by atoms with Gasteiger partial charge in [-0.1, -0.05) is 53.0 Å². The summed E-state index contributed by atoms with van der Waals surface area (Å²) in [5, 5.41) is 5.32. The van der Waals surface area contributed by atoms with Crippen molar-refractivity contribution in [3.05, 3.63) is 46.4 Å². The van der Waals surface area contributed by atoms with Gasteiger partial charge in [0.15, 0.2) is 0 Å². The number of anilines is 1. The predicted molar refractivity (Wildman–Crippen MR) is 97.3 cm³/mol. The van der Waals surface area contributed by atoms with Gasteiger partial charge in [-0.2, -0.15) is 0 Å². The third-order valence-corrected chi connectivity index (χ3v) is 4.17. The third-order valence-electron chi connectivity index (χ3n) is 3.52. The van der Waals surface area contributed by atoms with Crippen LogP contribution in [0.4, 0.5) is 5.69 Å². The van der Waals surface area contributed by atoms with E-state index < -0.39 is 15.9 Å². The van der Waals surface area contributed by atoms with Gasteiger partial charge in [-0.3, -0.25) is 14.3 Å². The van der Waals surface area contributed by atoms with Gasteiger partial charge in [-0.25, -0.2) is 4.68 Å². The Labute approximate surface area is 154 Å². The van der Waals surface area contributed by atoms with Gasteiger partial charge in [-0.15, -0.1) is 0 Å². The number of nitrogens with one attached hydrogen (secondary N) is 2. The van der Waals surface area contributed by atoms with Crippen molar-refractivity contribution in [3.8, 4) is 5.69 Å². The van der Waals surface area contributed by atoms with Gasteiger partial charge in [0.25, 0.3) is 5.56 Å². The van der Waals surface area contributed by atoms with Crippen LogP contribution in [0, 0.1) is 6.92 Å². The molecule has 2 rings (SSSR count). The molecule has 9 heteroatoms. The van der Waals surface area contributed by atoms with E-state index in [1.165, 1.54) is 11.6 Å². The smallest absolute Gasteiger partial charge is 0.295 e. The van der Waals surface area contributed by atoms with E-state index in [4.69, 9.17) is 34.8 Å². The fourth-order valence-corrected chi connectivity index (χ4v) is 2.61. The largest absolute Gasteiger partial charge is 0.356 e. The van der Waals surface area contributed by atoms with Crippen molar-refractivity contribution in [1.82, 2.24) is 14.7 Å². The molecule has 24 heavy (non-hydrogen) atoms. The fraction of sp³-hybridized carbons (Fsp3) is 0.333. The molecule has 130 valence electrons. The molecule has 0 unspecified atom stereocenters. The number of halogens is 3. The highest BCUT2D eigenvalue weighted by atomic mass is 35.6. The molecule has 6 nitrogen and oxygen atoms in total. The lowest BCUT2D eigenvalue weighted by atomic mass is 10.3. The number of aromatic nitrogens is 2. The molecule has 0 aliphatic rings. The van der Waals surface area contributed by atoms with E-state index in [0.29, 0.717) is 11.4 Å². The molecule has 1 amide bonds. The summed E-state index contributed by atoms with van der Waals surface area (Å²) in [6, 6.07) is 9.14. The fourth-order valence-electron chi connectivity index (χ4n) is 2.28. The topological polar surface area (TPSA) is 68.1 Å². The number of rotatable bonds is 4. The van der Waals surface area contributed by atoms with E-state index in [1.807, 2.05) is 30.3 Å². The molecule has 0 saturated heterocycles. The molecule has 2 aromatic rings. The minimum Gasteiger partial charge on any atom is -0.356 e. The van der Waals surface area contributed by atoms with Crippen molar-refractivity contribution in [2.45, 2.75) is 23.8 Å². The molecule has 1 aromatic heterocycles. The third kappa shape index (κ3) is 3.88. The van der Waals surface area contributed by atoms with E-state index >= 15 is 0 Å². The molecule has 0 radical (unpaired) electrons. The normalized spacial score (nSPS) is 12.8. The van der Waals surface area contributed by atoms with Crippen LogP contribution in [0.25, 0.3) is 5.69 Å². The zero-order valence-corrected chi connectivity index (χ0v) is 15.6. The van der Waals surface area contributed by atoms with E-state index in [1.54, 1.807) is 18.7 Å². The van der Waals surface area contributed by atoms with Gasteiger partial charge >= 0.3 is 0 Å². The van der Waals surface area contributed by atoms with Crippen molar-refractivity contribution in [3.63, 3.8) is 0 Å². The Hall–Kier alpha value is -1.63. The molecule has 0 fully saturated rings. The van der Waals surface area contributed by atoms with Gasteiger partial charge in [-0.05, 0) is 19.1 Å². The highest BCUT2D eigenvalue weighted by Crippen LogP contribution is 2.31. The number of hydrogen-bond acceptors (Lipinski definition) is 3. The molecule has 0 aliphatic carbocycles. The van der Waals surface area contributed by atoms with Crippen LogP contribution >= 0.6 is 34.8 Å². The number of carbonyl (C=O) groups excluding carboxylic acids is 1. The van der Waals surface area contributed by atoms with Gasteiger partial charge in [0, 0.05) is 14.0 Å². The van der Waals surface area contributed by atoms with E-state index in [2.05, 4.69) is 10.6 Å². The molecule has 1 aromatic carbocycles. The number of benzene rings is 1. The number of alkyl halides is 3. The van der Waals surface area contributed by atoms with Crippen molar-refractivity contribution in [2.75, 3.05) is 5.32 Å². The minimum absolute atomic E-state index is 0.242. The van der Waals surface area contributed by atoms with Crippen LogP contribution in [0.1, 0.15) is 12.6 Å². The first-order chi connectivity index (χ1) is 11.1. The van der Waals surface area contributed by atoms with Crippen molar-refractivity contribution in [1.29, 1.82) is 0 Å². The second kappa shape index (κ2) is 7.09. The Morgan fingerprint density at radius 1 is 1.21 bits per heavy atom. The summed E-state index contributed by atoms with van der Waals surface area (Å²) in [6.07, 6.45) is -1.06. The Morgan fingerprint density at radius 3 is 2.29 bits per heavy atom. The second-order valence-corrected chi connectivity index (χ2v) is 7.62. The molecular formula is C15H17Cl3N4O2. The zero-order chi connectivity index (χ0) is 18.1. The number of nitrogens with zero attached hydrogens (tertiary/aromatic N) is 2. The van der Waals surface area contributed by atoms with Crippen LogP contribution in [-0.4, -0.2) is 25.2 Å². The molecule has 1 atom stereocenters. The monoisotopic (exact) mass is 390 g/mol. The highest BCUT2D eigenvalue weighted by molar-refractivity contribution is 6.68. The molecule has 2 N–H and O–H groups in total. The summed E-state index contributed by atoms with van der Waals surface area (Å²) in [5.74, 6) is -0.393. The second-order valence-electron chi connectivity index (χ2n) is 5.26. The highest BCUT2D eigenvalue weighted by Gasteiger charge is 2.35. The maximum absolute atomic E-state index is 12.8. The van der Waals surface area contributed by atoms with E-state index in [9.17, 15) is 9.59 Å². The summed E-state index contributed by atoms with van der Waals surface area (Å²) < 4.78 is 1.34. The summed E-state index contributed by atoms with van der Waals surface area (Å²) in [6.45, 7) is 3.05. The Kier molecular flexibility index (Phi) is 5.52. The van der Waals surface area contributed by atoms with Crippen molar-refractivity contribution >= 4 is 46.4 Å². The lowest BCUT2D eigenvalue weighted by molar-refractivity contribution is -0.119. The molecule has 0 aliphatic heterocycles. The quantitative estimate of drug-likeness (QED) is 0.622. The average Bonchev–Trinajstić information content (AvgIpc) is 2.70. The van der Waals surface area contributed by atoms with Gasteiger partial charge in [0.1, 0.15) is 11.9 Å². The first-order valence-electron chi connectivity index (χ1n) is 7.07. The average molecular weight is 392 g/mol. The van der Waals surface area contributed by atoms with Crippen LogP contribution in [0.15, 0.2) is 35.1 Å². The first-order valence-corrected chi connectivity index (χ1v) is 8.20. The summed E-state index contributed by atoms with van der Waals surface area (Å²) in [7, 11) is 1.75. The van der Waals surface area contributed by atoms with Gasteiger partial charge < -0.3 is 10.6 Å². The van der Waals surface area contributed by atoms with Crippen molar-refractivity contribution in [2.24, 2.45) is 7.05 Å². The van der Waals surface area contributed by atoms with Gasteiger partial charge in [0.2, 0.25) is 9.70 Å². The van der Waals surface area contributed by atoms with E-state index in [0.717, 1.165) is 0 Å². The number of hydrogen-bond donors (Lipinski definition) is 2. The van der Waals surface area contributed by atoms with Crippen LogP contribution in [0.2, 0.25) is 0 Å². The number of para-hydroxylation sites is 1. The Bertz CT molecular complexity index is 794.